The molecule has 2 aromatic carbocycles. The Balaban J connectivity index is 1.28. The van der Waals surface area contributed by atoms with E-state index >= 15 is 0 Å². The van der Waals surface area contributed by atoms with Gasteiger partial charge in [-0.15, -0.1) is 11.3 Å². The first-order chi connectivity index (χ1) is 15.1. The van der Waals surface area contributed by atoms with Crippen molar-refractivity contribution in [2.75, 3.05) is 24.5 Å². The molecular weight excluding hydrogens is 418 g/mol. The van der Waals surface area contributed by atoms with Gasteiger partial charge >= 0.3 is 0 Å². The molecule has 2 heterocycles. The Kier molecular flexibility index (Phi) is 4.95. The van der Waals surface area contributed by atoms with Crippen molar-refractivity contribution in [1.29, 1.82) is 0 Å². The first kappa shape index (κ1) is 19.4. The summed E-state index contributed by atoms with van der Waals surface area (Å²) in [6.07, 6.45) is 1.45. The van der Waals surface area contributed by atoms with Crippen LogP contribution in [0.15, 0.2) is 42.5 Å². The normalized spacial score (nSPS) is 16.0. The van der Waals surface area contributed by atoms with Gasteiger partial charge in [-0.3, -0.25) is 14.9 Å². The highest BCUT2D eigenvalue weighted by atomic mass is 32.1. The average molecular weight is 437 g/mol. The number of amides is 2. The number of rotatable bonds is 5. The van der Waals surface area contributed by atoms with Crippen molar-refractivity contribution in [3.8, 4) is 17.2 Å². The number of nitrogens with one attached hydrogen (secondary N) is 2. The number of methoxy groups -OCH3 is 1. The fourth-order valence-corrected chi connectivity index (χ4v) is 4.71. The summed E-state index contributed by atoms with van der Waals surface area (Å²) >= 11 is 1.40. The summed E-state index contributed by atoms with van der Waals surface area (Å²) in [5, 5.41) is 6.24. The number of carbonyl (C=O) groups is 2. The summed E-state index contributed by atoms with van der Waals surface area (Å²) in [7, 11) is 1.58. The molecule has 2 amide bonds. The number of thiazole rings is 1. The third-order valence-corrected chi connectivity index (χ3v) is 6.27. The Hall–Kier alpha value is -3.59. The van der Waals surface area contributed by atoms with Crippen molar-refractivity contribution in [3.63, 3.8) is 0 Å². The van der Waals surface area contributed by atoms with Crippen LogP contribution in [0.25, 0.3) is 0 Å². The van der Waals surface area contributed by atoms with Crippen molar-refractivity contribution in [2.45, 2.75) is 18.8 Å². The van der Waals surface area contributed by atoms with Crippen molar-refractivity contribution >= 4 is 34.0 Å². The monoisotopic (exact) mass is 437 g/mol. The number of nitrogens with zero attached hydrogens (tertiary/aromatic N) is 1. The number of aryl methyl sites for hydroxylation is 1. The molecule has 3 aromatic rings. The smallest absolute Gasteiger partial charge is 0.257 e. The van der Waals surface area contributed by atoms with Gasteiger partial charge in [-0.1, -0.05) is 6.07 Å². The Labute approximate surface area is 182 Å². The van der Waals surface area contributed by atoms with Gasteiger partial charge in [0.15, 0.2) is 16.6 Å². The van der Waals surface area contributed by atoms with Gasteiger partial charge in [0, 0.05) is 22.2 Å². The minimum Gasteiger partial charge on any atom is -0.497 e. The summed E-state index contributed by atoms with van der Waals surface area (Å²) in [5.41, 5.74) is 1.85. The molecule has 158 valence electrons. The molecule has 8 nitrogen and oxygen atoms in total. The van der Waals surface area contributed by atoms with Crippen LogP contribution in [0.5, 0.6) is 17.2 Å². The Morgan fingerprint density at radius 2 is 2.00 bits per heavy atom. The molecule has 0 spiro atoms. The third-order valence-electron chi connectivity index (χ3n) is 5.23. The van der Waals surface area contributed by atoms with Crippen LogP contribution < -0.4 is 24.8 Å². The van der Waals surface area contributed by atoms with E-state index in [1.54, 1.807) is 31.4 Å². The molecule has 0 radical (unpaired) electrons. The molecule has 1 aliphatic heterocycles. The third kappa shape index (κ3) is 3.79. The van der Waals surface area contributed by atoms with Crippen LogP contribution in [0.1, 0.15) is 33.3 Å². The molecule has 5 rings (SSSR count). The van der Waals surface area contributed by atoms with Gasteiger partial charge in [-0.05, 0) is 43.2 Å². The second-order valence-electron chi connectivity index (χ2n) is 7.16. The second-order valence-corrected chi connectivity index (χ2v) is 8.25. The molecule has 0 saturated heterocycles. The lowest BCUT2D eigenvalue weighted by Crippen LogP contribution is -2.20. The summed E-state index contributed by atoms with van der Waals surface area (Å²) in [6.45, 7) is 0.152. The lowest BCUT2D eigenvalue weighted by molar-refractivity contribution is -0.117. The van der Waals surface area contributed by atoms with E-state index in [0.717, 1.165) is 17.0 Å². The molecular formula is C22H19N3O5S. The maximum atomic E-state index is 12.8. The van der Waals surface area contributed by atoms with Gasteiger partial charge < -0.3 is 19.5 Å². The first-order valence-electron chi connectivity index (χ1n) is 9.76. The topological polar surface area (TPSA) is 98.8 Å². The van der Waals surface area contributed by atoms with Crippen molar-refractivity contribution in [2.24, 2.45) is 0 Å². The quantitative estimate of drug-likeness (QED) is 0.630. The summed E-state index contributed by atoms with van der Waals surface area (Å²) < 4.78 is 15.8. The van der Waals surface area contributed by atoms with E-state index in [2.05, 4.69) is 15.6 Å². The fraction of sp³-hybridized carbons (Fsp3) is 0.227. The van der Waals surface area contributed by atoms with Crippen LogP contribution in [0.4, 0.5) is 10.8 Å². The number of carbonyl (C=O) groups excluding carboxylic acids is 2. The molecule has 0 bridgehead atoms. The molecule has 0 saturated carbocycles. The minimum atomic E-state index is -0.353. The lowest BCUT2D eigenvalue weighted by Gasteiger charge is -2.11. The van der Waals surface area contributed by atoms with E-state index < -0.39 is 0 Å². The van der Waals surface area contributed by atoms with Crippen molar-refractivity contribution in [1.82, 2.24) is 4.98 Å². The molecule has 0 fully saturated rings. The predicted octanol–water partition coefficient (Wildman–Crippen LogP) is 3.80. The van der Waals surface area contributed by atoms with Gasteiger partial charge in [-0.25, -0.2) is 4.98 Å². The van der Waals surface area contributed by atoms with E-state index in [1.165, 1.54) is 11.3 Å². The number of anilines is 2. The highest BCUT2D eigenvalue weighted by Gasteiger charge is 2.33. The van der Waals surface area contributed by atoms with Crippen LogP contribution in [-0.4, -0.2) is 30.7 Å². The van der Waals surface area contributed by atoms with E-state index in [-0.39, 0.29) is 24.5 Å². The Morgan fingerprint density at radius 1 is 1.13 bits per heavy atom. The van der Waals surface area contributed by atoms with Crippen LogP contribution in [0.3, 0.4) is 0 Å². The predicted molar refractivity (Wildman–Crippen MR) is 115 cm³/mol. The highest BCUT2D eigenvalue weighted by Crippen LogP contribution is 2.39. The van der Waals surface area contributed by atoms with Gasteiger partial charge in [0.05, 0.1) is 18.7 Å². The maximum Gasteiger partial charge on any atom is 0.257 e. The number of aromatic nitrogens is 1. The minimum absolute atomic E-state index is 0.119. The van der Waals surface area contributed by atoms with Crippen LogP contribution >= 0.6 is 11.3 Å². The number of fused-ring (bicyclic) bond motifs is 2. The Bertz CT molecular complexity index is 1180. The van der Waals surface area contributed by atoms with E-state index in [9.17, 15) is 9.59 Å². The van der Waals surface area contributed by atoms with Gasteiger partial charge in [0.25, 0.3) is 5.91 Å². The zero-order chi connectivity index (χ0) is 21.4. The molecule has 1 atom stereocenters. The van der Waals surface area contributed by atoms with Crippen LogP contribution in [-0.2, 0) is 11.2 Å². The van der Waals surface area contributed by atoms with Crippen LogP contribution in [0.2, 0.25) is 0 Å². The van der Waals surface area contributed by atoms with Gasteiger partial charge in [0.1, 0.15) is 5.75 Å². The highest BCUT2D eigenvalue weighted by molar-refractivity contribution is 7.16. The lowest BCUT2D eigenvalue weighted by atomic mass is 10.1. The van der Waals surface area contributed by atoms with Crippen molar-refractivity contribution in [3.05, 3.63) is 58.6 Å². The number of hydrogen-bond donors (Lipinski definition) is 2. The molecule has 1 aromatic heterocycles. The maximum absolute atomic E-state index is 12.8. The molecule has 1 aliphatic carbocycles. The zero-order valence-corrected chi connectivity index (χ0v) is 17.5. The molecule has 2 N–H and O–H groups in total. The number of ether oxygens (including phenoxy) is 3. The summed E-state index contributed by atoms with van der Waals surface area (Å²) in [5.74, 6) is 1.08. The summed E-state index contributed by atoms with van der Waals surface area (Å²) in [4.78, 5) is 31.0. The van der Waals surface area contributed by atoms with Crippen molar-refractivity contribution < 1.29 is 23.8 Å². The standard InChI is InChI=1S/C22H19N3O5S/c1-28-14-4-2-3-13(10-14)23-21(27)15-6-8-18-19(15)24-22(31-18)25-20(26)12-5-7-16-17(9-12)30-11-29-16/h2-5,7,9-10,15H,6,8,11H2,1H3,(H,23,27)(H,24,25,26). The van der Waals surface area contributed by atoms with Gasteiger partial charge in [-0.2, -0.15) is 0 Å². The molecule has 9 heteroatoms. The van der Waals surface area contributed by atoms with E-state index in [1.807, 2.05) is 18.2 Å². The number of benzene rings is 2. The SMILES string of the molecule is COc1cccc(NC(=O)C2CCc3sc(NC(=O)c4ccc5c(c4)OCO5)nc32)c1. The molecule has 1 unspecified atom stereocenters. The average Bonchev–Trinajstić information content (AvgIpc) is 3.48. The zero-order valence-electron chi connectivity index (χ0n) is 16.6. The Morgan fingerprint density at radius 3 is 2.87 bits per heavy atom. The number of hydrogen-bond acceptors (Lipinski definition) is 7. The van der Waals surface area contributed by atoms with E-state index in [0.29, 0.717) is 40.1 Å². The van der Waals surface area contributed by atoms with Gasteiger partial charge in [0.2, 0.25) is 12.7 Å². The second kappa shape index (κ2) is 7.92. The molecule has 2 aliphatic rings. The molecule has 31 heavy (non-hydrogen) atoms. The van der Waals surface area contributed by atoms with E-state index in [4.69, 9.17) is 14.2 Å². The summed E-state index contributed by atoms with van der Waals surface area (Å²) in [6, 6.07) is 12.2. The fourth-order valence-electron chi connectivity index (χ4n) is 3.67. The largest absolute Gasteiger partial charge is 0.497 e. The first-order valence-corrected chi connectivity index (χ1v) is 10.6. The van der Waals surface area contributed by atoms with Crippen LogP contribution in [0, 0.1) is 0 Å².